The van der Waals surface area contributed by atoms with Crippen LogP contribution in [0.3, 0.4) is 0 Å². The van der Waals surface area contributed by atoms with Gasteiger partial charge in [0, 0.05) is 0 Å². The van der Waals surface area contributed by atoms with E-state index in [9.17, 15) is 0 Å². The fourth-order valence-corrected chi connectivity index (χ4v) is 0. The molecule has 0 aliphatic rings. The van der Waals surface area contributed by atoms with Crippen LogP contribution in [0.15, 0.2) is 0 Å². The van der Waals surface area contributed by atoms with Gasteiger partial charge >= 0.3 is 92.7 Å². The first-order valence-electron chi connectivity index (χ1n) is 0. The zero-order chi connectivity index (χ0) is 0. The van der Waals surface area contributed by atoms with Gasteiger partial charge in [-0.3, -0.25) is 0 Å². The minimum absolute atomic E-state index is 0. The van der Waals surface area contributed by atoms with Gasteiger partial charge in [0.15, 0.2) is 0 Å². The molecule has 0 bridgehead atoms. The van der Waals surface area contributed by atoms with Crippen molar-refractivity contribution in [2.75, 3.05) is 0 Å². The molecule has 0 aromatic rings. The Kier molecular flexibility index (Phi) is 1340. The van der Waals surface area contributed by atoms with E-state index in [1.165, 1.54) is 0 Å². The first-order chi connectivity index (χ1) is 0. The molecule has 0 nitrogen and oxygen atoms in total. The Hall–Kier alpha value is 7.24. The summed E-state index contributed by atoms with van der Waals surface area (Å²) in [5, 5.41) is 0. The van der Waals surface area contributed by atoms with E-state index in [-0.39, 0.29) is 245 Å². The summed E-state index contributed by atoms with van der Waals surface area (Å²) in [6.45, 7) is 0. The van der Waals surface area contributed by atoms with Crippen molar-refractivity contribution in [2.24, 2.45) is 0 Å². The van der Waals surface area contributed by atoms with Crippen molar-refractivity contribution in [2.45, 2.75) is 0 Å². The van der Waals surface area contributed by atoms with Crippen molar-refractivity contribution in [3.05, 3.63) is 0 Å². The molecule has 0 aliphatic heterocycles. The summed E-state index contributed by atoms with van der Waals surface area (Å²) in [6, 6.07) is 0. The summed E-state index contributed by atoms with van der Waals surface area (Å²) in [5.74, 6) is 0. The second-order valence-electron chi connectivity index (χ2n) is 0. The Labute approximate surface area is 239 Å². The van der Waals surface area contributed by atoms with Gasteiger partial charge in [0.2, 0.25) is 0 Å². The molecule has 0 aromatic heterocycles. The standard InChI is InChI=1S/9BrH.Ce.Co.Fe.Mn/h9*1H;;;;/q;;;;;;;;;+3;3*+2/p-9. The molecule has 0 saturated carbocycles. The molecule has 13 heavy (non-hydrogen) atoms. The predicted molar refractivity (Wildman–Crippen MR) is 0 cm³/mol. The van der Waals surface area contributed by atoms with Crippen LogP contribution in [-0.4, -0.2) is 0 Å². The third-order valence-electron chi connectivity index (χ3n) is 0. The van der Waals surface area contributed by atoms with E-state index >= 15 is 0 Å². The van der Waals surface area contributed by atoms with Crippen LogP contribution in [0, 0.1) is 41.7 Å². The normalized spacial score (nSPS) is 0. The quantitative estimate of drug-likeness (QED) is 0.212. The summed E-state index contributed by atoms with van der Waals surface area (Å²) in [6.07, 6.45) is 0. The summed E-state index contributed by atoms with van der Waals surface area (Å²) in [7, 11) is 0. The van der Waals surface area contributed by atoms with E-state index < -0.39 is 0 Å². The molecule has 0 unspecified atom stereocenters. The maximum absolute atomic E-state index is 0. The zero-order valence-corrected chi connectivity index (χ0v) is 25.7. The molecule has 0 aliphatic carbocycles. The summed E-state index contributed by atoms with van der Waals surface area (Å²) in [5.41, 5.74) is 0. The Bertz CT molecular complexity index is 19.6. The number of halogens is 9. The van der Waals surface area contributed by atoms with Crippen LogP contribution in [0.2, 0.25) is 0 Å². The maximum atomic E-state index is 0. The average Bonchev–Trinajstić information content (AvgIpc) is 0. The summed E-state index contributed by atoms with van der Waals surface area (Å²) < 4.78 is 0. The van der Waals surface area contributed by atoms with Crippen molar-refractivity contribution >= 4 is 0 Å². The van der Waals surface area contributed by atoms with Crippen LogP contribution in [0.1, 0.15) is 0 Å². The monoisotopic (exact) mass is 1020 g/mol. The summed E-state index contributed by atoms with van der Waals surface area (Å²) >= 11 is 0. The van der Waals surface area contributed by atoms with E-state index in [0.717, 1.165) is 0 Å². The van der Waals surface area contributed by atoms with Crippen molar-refractivity contribution in [3.63, 3.8) is 0 Å². The molecule has 0 N–H and O–H groups in total. The van der Waals surface area contributed by atoms with Crippen LogP contribution >= 0.6 is 0 Å². The van der Waals surface area contributed by atoms with Gasteiger partial charge < -0.3 is 153 Å². The van der Waals surface area contributed by atoms with E-state index in [4.69, 9.17) is 0 Å². The molecule has 91 valence electrons. The van der Waals surface area contributed by atoms with Crippen LogP contribution in [0.4, 0.5) is 0 Å². The smallest absolute Gasteiger partial charge is 1.00 e. The molecule has 0 aromatic carbocycles. The minimum Gasteiger partial charge on any atom is -1.00 e. The Morgan fingerprint density at radius 3 is 0.385 bits per heavy atom. The van der Waals surface area contributed by atoms with E-state index in [0.29, 0.717) is 0 Å². The van der Waals surface area contributed by atoms with Gasteiger partial charge in [-0.15, -0.1) is 0 Å². The molecule has 0 fully saturated rings. The maximum Gasteiger partial charge on any atom is 3.00 e. The van der Waals surface area contributed by atoms with E-state index in [1.807, 2.05) is 0 Å². The molecular weight excluding hydrogens is 1030 g/mol. The first kappa shape index (κ1) is 143. The van der Waals surface area contributed by atoms with Crippen LogP contribution < -0.4 is 153 Å². The SMILES string of the molecule is [Br-].[Br-].[Br-].[Br-].[Br-].[Br-].[Br-].[Br-].[Br-].[Ce+3].[Co+2].[Fe+2].[Mn+2]. The van der Waals surface area contributed by atoms with Gasteiger partial charge in [-0.2, -0.15) is 0 Å². The topological polar surface area (TPSA) is 0 Å². The summed E-state index contributed by atoms with van der Waals surface area (Å²) in [4.78, 5) is 0. The Morgan fingerprint density at radius 2 is 0.385 bits per heavy atom. The molecule has 0 spiro atoms. The van der Waals surface area contributed by atoms with Gasteiger partial charge in [0.25, 0.3) is 0 Å². The Morgan fingerprint density at radius 1 is 0.385 bits per heavy atom. The van der Waals surface area contributed by atoms with Crippen LogP contribution in [-0.2, 0) is 50.9 Å². The Balaban J connectivity index is 0. The van der Waals surface area contributed by atoms with Crippen molar-refractivity contribution in [3.8, 4) is 0 Å². The number of rotatable bonds is 0. The fraction of sp³-hybridized carbons (Fsp3) is 0. The molecule has 0 rings (SSSR count). The van der Waals surface area contributed by atoms with Gasteiger partial charge in [0.05, 0.1) is 0 Å². The van der Waals surface area contributed by atoms with Gasteiger partial charge in [-0.05, 0) is 0 Å². The molecule has 0 saturated heterocycles. The molecular formula is Br9CeCoFeMn. The molecule has 13 heteroatoms. The second-order valence-corrected chi connectivity index (χ2v) is 0. The van der Waals surface area contributed by atoms with E-state index in [2.05, 4.69) is 0 Å². The largest absolute Gasteiger partial charge is 3.00 e. The fourth-order valence-electron chi connectivity index (χ4n) is 0. The van der Waals surface area contributed by atoms with Crippen LogP contribution in [0.5, 0.6) is 0 Å². The van der Waals surface area contributed by atoms with Crippen LogP contribution in [0.25, 0.3) is 0 Å². The predicted octanol–water partition coefficient (Wildman–Crippen LogP) is -27.0. The van der Waals surface area contributed by atoms with Gasteiger partial charge in [0.1, 0.15) is 0 Å². The van der Waals surface area contributed by atoms with Gasteiger partial charge in [-0.1, -0.05) is 0 Å². The first-order valence-corrected chi connectivity index (χ1v) is 0. The van der Waals surface area contributed by atoms with Crippen molar-refractivity contribution in [1.29, 1.82) is 0 Å². The molecule has 0 amide bonds. The third-order valence-corrected chi connectivity index (χ3v) is 0. The molecule has 3 radical (unpaired) electrons. The van der Waals surface area contributed by atoms with Gasteiger partial charge in [-0.25, -0.2) is 0 Å². The van der Waals surface area contributed by atoms with Crippen molar-refractivity contribution in [1.82, 2.24) is 0 Å². The molecule has 0 heterocycles. The third kappa shape index (κ3) is 109. The average molecular weight is 1030 g/mol. The van der Waals surface area contributed by atoms with Crippen molar-refractivity contribution < 1.29 is 245 Å². The van der Waals surface area contributed by atoms with E-state index in [1.54, 1.807) is 0 Å². The number of hydrogen-bond donors (Lipinski definition) is 0. The zero-order valence-electron chi connectivity index (χ0n) is 4.97. The second kappa shape index (κ2) is 122. The molecule has 0 atom stereocenters. The minimum atomic E-state index is 0. The number of hydrogen-bond acceptors (Lipinski definition) is 0.